The summed E-state index contributed by atoms with van der Waals surface area (Å²) in [6, 6.07) is 26.2. The largest absolute Gasteiger partial charge is 0.345 e. The Bertz CT molecular complexity index is 1520. The summed E-state index contributed by atoms with van der Waals surface area (Å²) < 4.78 is 0. The maximum Gasteiger partial charge on any atom is 0.289 e. The highest BCUT2D eigenvalue weighted by atomic mass is 16.2. The molecule has 4 aromatic rings. The Morgan fingerprint density at radius 1 is 0.829 bits per heavy atom. The van der Waals surface area contributed by atoms with E-state index in [1.54, 1.807) is 42.5 Å². The lowest BCUT2D eigenvalue weighted by Gasteiger charge is -2.30. The molecule has 0 aliphatic carbocycles. The highest BCUT2D eigenvalue weighted by Gasteiger charge is 2.40. The number of hydrogen-bond acceptors (Lipinski definition) is 6. The summed E-state index contributed by atoms with van der Waals surface area (Å²) in [6.07, 6.45) is 0.574. The van der Waals surface area contributed by atoms with Gasteiger partial charge in [0, 0.05) is 11.9 Å². The predicted octanol–water partition coefficient (Wildman–Crippen LogP) is 3.95. The number of carbonyl (C=O) groups excluding carboxylic acids is 4. The van der Waals surface area contributed by atoms with Gasteiger partial charge in [-0.2, -0.15) is 0 Å². The zero-order valence-electron chi connectivity index (χ0n) is 23.1. The number of nitrogens with zero attached hydrogens (tertiary/aromatic N) is 1. The Labute approximate surface area is 239 Å². The van der Waals surface area contributed by atoms with Gasteiger partial charge in [-0.15, -0.1) is 0 Å². The molecular weight excluding hydrogens is 516 g/mol. The highest BCUT2D eigenvalue weighted by molar-refractivity contribution is 6.38. The van der Waals surface area contributed by atoms with Gasteiger partial charge in [0.2, 0.25) is 5.78 Å². The third-order valence-electron chi connectivity index (χ3n) is 7.28. The standard InChI is InChI=1S/C33H34N4O4/c1-3-21(2)29(37-32(40)26-19-18-23-14-10-11-17-25(23)36-26)30(38)27(24-15-8-5-9-16-24)28(34)31(39)33(41)35-20-22-12-6-4-7-13-22/h4-19,21,27-29H,3,20,34H2,1-2H3,(H,35,41)(H,37,40)/t21-,27?,28-,29-/m0/s1. The van der Waals surface area contributed by atoms with E-state index >= 15 is 0 Å². The van der Waals surface area contributed by atoms with Crippen LogP contribution in [-0.2, 0) is 20.9 Å². The fourth-order valence-corrected chi connectivity index (χ4v) is 4.71. The van der Waals surface area contributed by atoms with Crippen molar-refractivity contribution in [3.8, 4) is 0 Å². The monoisotopic (exact) mass is 550 g/mol. The molecule has 3 aromatic carbocycles. The quantitative estimate of drug-likeness (QED) is 0.229. The number of carbonyl (C=O) groups is 4. The number of fused-ring (bicyclic) bond motifs is 1. The summed E-state index contributed by atoms with van der Waals surface area (Å²) in [5, 5.41) is 6.34. The van der Waals surface area contributed by atoms with Crippen LogP contribution in [0.15, 0.2) is 97.1 Å². The second-order valence-corrected chi connectivity index (χ2v) is 10.1. The Kier molecular flexibility index (Phi) is 9.71. The van der Waals surface area contributed by atoms with Crippen LogP contribution in [0.25, 0.3) is 10.9 Å². The minimum absolute atomic E-state index is 0.145. The molecule has 1 aromatic heterocycles. The molecular formula is C33H34N4O4. The summed E-state index contributed by atoms with van der Waals surface area (Å²) in [5.74, 6) is -4.19. The van der Waals surface area contributed by atoms with Crippen LogP contribution < -0.4 is 16.4 Å². The number of nitrogens with one attached hydrogen (secondary N) is 2. The molecule has 0 aliphatic rings. The van der Waals surface area contributed by atoms with Gasteiger partial charge in [-0.3, -0.25) is 19.2 Å². The number of amides is 2. The van der Waals surface area contributed by atoms with Crippen LogP contribution in [0.5, 0.6) is 0 Å². The average Bonchev–Trinajstić information content (AvgIpc) is 3.02. The van der Waals surface area contributed by atoms with Gasteiger partial charge in [0.1, 0.15) is 5.69 Å². The number of nitrogens with two attached hydrogens (primary N) is 1. The van der Waals surface area contributed by atoms with Crippen LogP contribution in [0, 0.1) is 5.92 Å². The van der Waals surface area contributed by atoms with Crippen molar-refractivity contribution in [3.63, 3.8) is 0 Å². The SMILES string of the molecule is CC[C@H](C)[C@H](NC(=O)c1ccc2ccccc2n1)C(=O)C(c1ccccc1)[C@H](N)C(=O)C(=O)NCc1ccccc1. The van der Waals surface area contributed by atoms with E-state index in [0.717, 1.165) is 10.9 Å². The predicted molar refractivity (Wildman–Crippen MR) is 158 cm³/mol. The Balaban J connectivity index is 1.59. The number of ketones is 2. The van der Waals surface area contributed by atoms with Crippen LogP contribution in [0.1, 0.15) is 47.8 Å². The molecule has 8 heteroatoms. The van der Waals surface area contributed by atoms with E-state index in [0.29, 0.717) is 17.5 Å². The van der Waals surface area contributed by atoms with E-state index in [9.17, 15) is 19.2 Å². The zero-order chi connectivity index (χ0) is 29.4. The van der Waals surface area contributed by atoms with Gasteiger partial charge in [-0.1, -0.05) is 105 Å². The van der Waals surface area contributed by atoms with E-state index in [-0.39, 0.29) is 18.2 Å². The van der Waals surface area contributed by atoms with E-state index in [4.69, 9.17) is 5.73 Å². The summed E-state index contributed by atoms with van der Waals surface area (Å²) in [7, 11) is 0. The summed E-state index contributed by atoms with van der Waals surface area (Å²) >= 11 is 0. The zero-order valence-corrected chi connectivity index (χ0v) is 23.1. The van der Waals surface area contributed by atoms with Crippen LogP contribution in [-0.4, -0.2) is 40.4 Å². The average molecular weight is 551 g/mol. The lowest BCUT2D eigenvalue weighted by atomic mass is 9.79. The van der Waals surface area contributed by atoms with Crippen molar-refractivity contribution in [2.24, 2.45) is 11.7 Å². The number of para-hydroxylation sites is 1. The van der Waals surface area contributed by atoms with Crippen molar-refractivity contribution in [2.45, 2.75) is 44.8 Å². The van der Waals surface area contributed by atoms with Crippen molar-refractivity contribution in [3.05, 3.63) is 114 Å². The van der Waals surface area contributed by atoms with E-state index in [1.165, 1.54) is 0 Å². The lowest BCUT2D eigenvalue weighted by Crippen LogP contribution is -2.53. The Morgan fingerprint density at radius 3 is 2.15 bits per heavy atom. The van der Waals surface area contributed by atoms with Crippen LogP contribution in [0.4, 0.5) is 0 Å². The molecule has 4 atom stereocenters. The van der Waals surface area contributed by atoms with Gasteiger partial charge < -0.3 is 16.4 Å². The molecule has 2 amide bonds. The molecule has 0 radical (unpaired) electrons. The van der Waals surface area contributed by atoms with Gasteiger partial charge in [-0.05, 0) is 29.2 Å². The van der Waals surface area contributed by atoms with E-state index in [1.807, 2.05) is 68.4 Å². The summed E-state index contributed by atoms with van der Waals surface area (Å²) in [5.41, 5.74) is 8.52. The molecule has 4 N–H and O–H groups in total. The number of pyridine rings is 1. The van der Waals surface area contributed by atoms with Crippen molar-refractivity contribution in [1.82, 2.24) is 15.6 Å². The number of rotatable bonds is 12. The van der Waals surface area contributed by atoms with Gasteiger partial charge in [-0.25, -0.2) is 4.98 Å². The Hall–Kier alpha value is -4.69. The first-order valence-corrected chi connectivity index (χ1v) is 13.7. The molecule has 41 heavy (non-hydrogen) atoms. The molecule has 210 valence electrons. The smallest absolute Gasteiger partial charge is 0.289 e. The van der Waals surface area contributed by atoms with Gasteiger partial charge in [0.05, 0.1) is 23.5 Å². The molecule has 0 aliphatic heterocycles. The minimum Gasteiger partial charge on any atom is -0.345 e. The topological polar surface area (TPSA) is 131 Å². The molecule has 0 saturated carbocycles. The molecule has 0 saturated heterocycles. The normalized spacial score (nSPS) is 13.9. The van der Waals surface area contributed by atoms with Crippen LogP contribution in [0.2, 0.25) is 0 Å². The number of Topliss-reactive ketones (excluding diaryl/α,β-unsaturated/α-hetero) is 2. The summed E-state index contributed by atoms with van der Waals surface area (Å²) in [6.45, 7) is 3.90. The highest BCUT2D eigenvalue weighted by Crippen LogP contribution is 2.26. The van der Waals surface area contributed by atoms with Gasteiger partial charge >= 0.3 is 0 Å². The molecule has 0 spiro atoms. The molecule has 1 unspecified atom stereocenters. The third kappa shape index (κ3) is 7.10. The van der Waals surface area contributed by atoms with Crippen LogP contribution >= 0.6 is 0 Å². The fourth-order valence-electron chi connectivity index (χ4n) is 4.71. The van der Waals surface area contributed by atoms with E-state index in [2.05, 4.69) is 15.6 Å². The minimum atomic E-state index is -1.46. The van der Waals surface area contributed by atoms with Crippen molar-refractivity contribution in [2.75, 3.05) is 0 Å². The van der Waals surface area contributed by atoms with Crippen LogP contribution in [0.3, 0.4) is 0 Å². The number of benzene rings is 3. The number of aromatic nitrogens is 1. The number of hydrogen-bond donors (Lipinski definition) is 3. The maximum absolute atomic E-state index is 14.2. The Morgan fingerprint density at radius 2 is 1.46 bits per heavy atom. The van der Waals surface area contributed by atoms with Crippen molar-refractivity contribution in [1.29, 1.82) is 0 Å². The first-order chi connectivity index (χ1) is 19.8. The lowest BCUT2D eigenvalue weighted by molar-refractivity contribution is -0.140. The van der Waals surface area contributed by atoms with Gasteiger partial charge in [0.25, 0.3) is 11.8 Å². The van der Waals surface area contributed by atoms with Crippen molar-refractivity contribution < 1.29 is 19.2 Å². The molecule has 8 nitrogen and oxygen atoms in total. The second-order valence-electron chi connectivity index (χ2n) is 10.1. The molecule has 4 rings (SSSR count). The second kappa shape index (κ2) is 13.6. The van der Waals surface area contributed by atoms with E-state index < -0.39 is 41.4 Å². The molecule has 1 heterocycles. The molecule has 0 fully saturated rings. The van der Waals surface area contributed by atoms with Crippen molar-refractivity contribution >= 4 is 34.3 Å². The summed E-state index contributed by atoms with van der Waals surface area (Å²) in [4.78, 5) is 58.0. The fraction of sp³-hybridized carbons (Fsp3) is 0.242. The third-order valence-corrected chi connectivity index (χ3v) is 7.28. The maximum atomic E-state index is 14.2. The van der Waals surface area contributed by atoms with Gasteiger partial charge in [0.15, 0.2) is 5.78 Å². The first kappa shape index (κ1) is 29.3. The molecule has 0 bridgehead atoms. The first-order valence-electron chi connectivity index (χ1n) is 13.7.